The number of amides is 2. The van der Waals surface area contributed by atoms with Gasteiger partial charge in [0, 0.05) is 18.5 Å². The third-order valence-electron chi connectivity index (χ3n) is 4.04. The lowest BCUT2D eigenvalue weighted by atomic mass is 10.1. The summed E-state index contributed by atoms with van der Waals surface area (Å²) in [6.07, 6.45) is 3.82. The molecule has 2 unspecified atom stereocenters. The molecule has 2 amide bonds. The molecule has 1 fully saturated rings. The molecule has 24 heavy (non-hydrogen) atoms. The molecule has 1 heterocycles. The fourth-order valence-corrected chi connectivity index (χ4v) is 2.79. The van der Waals surface area contributed by atoms with Crippen LogP contribution in [0.4, 0.5) is 5.82 Å². The summed E-state index contributed by atoms with van der Waals surface area (Å²) in [5, 5.41) is 6.22. The van der Waals surface area contributed by atoms with Gasteiger partial charge in [0.05, 0.1) is 0 Å². The van der Waals surface area contributed by atoms with Crippen molar-refractivity contribution in [3.05, 3.63) is 60.9 Å². The van der Waals surface area contributed by atoms with E-state index in [0.29, 0.717) is 12.4 Å². The van der Waals surface area contributed by atoms with E-state index in [2.05, 4.69) is 21.6 Å². The predicted molar refractivity (Wildman–Crippen MR) is 89.2 cm³/mol. The van der Waals surface area contributed by atoms with Crippen LogP contribution < -0.4 is 5.32 Å². The zero-order chi connectivity index (χ0) is 16.9. The molecule has 1 aromatic carbocycles. The second-order valence-corrected chi connectivity index (χ2v) is 5.80. The van der Waals surface area contributed by atoms with E-state index in [1.165, 1.54) is 16.7 Å². The highest BCUT2D eigenvalue weighted by Gasteiger charge is 2.45. The minimum absolute atomic E-state index is 0.0148. The molecule has 3 rings (SSSR count). The van der Waals surface area contributed by atoms with E-state index in [4.69, 9.17) is 0 Å². The summed E-state index contributed by atoms with van der Waals surface area (Å²) >= 11 is 0. The molecule has 0 bridgehead atoms. The fourth-order valence-electron chi connectivity index (χ4n) is 2.79. The Morgan fingerprint density at radius 2 is 2.12 bits per heavy atom. The maximum Gasteiger partial charge on any atom is 0.245 e. The van der Waals surface area contributed by atoms with Crippen molar-refractivity contribution in [2.24, 2.45) is 5.92 Å². The van der Waals surface area contributed by atoms with Crippen molar-refractivity contribution in [3.63, 3.8) is 0 Å². The first-order chi connectivity index (χ1) is 11.7. The largest absolute Gasteiger partial charge is 0.363 e. The smallest absolute Gasteiger partial charge is 0.245 e. The molecule has 1 N–H and O–H groups in total. The fraction of sp³-hybridized carbons (Fsp3) is 0.278. The van der Waals surface area contributed by atoms with Gasteiger partial charge in [-0.15, -0.1) is 6.58 Å². The number of nitrogens with one attached hydrogen (secondary N) is 1. The summed E-state index contributed by atoms with van der Waals surface area (Å²) in [6, 6.07) is 11.5. The third-order valence-corrected chi connectivity index (χ3v) is 4.04. The Balaban J connectivity index is 1.60. The lowest BCUT2D eigenvalue weighted by molar-refractivity contribution is -0.135. The Morgan fingerprint density at radius 1 is 1.33 bits per heavy atom. The molecule has 0 radical (unpaired) electrons. The van der Waals surface area contributed by atoms with Crippen LogP contribution in [0, 0.1) is 5.92 Å². The number of aromatic nitrogens is 1. The van der Waals surface area contributed by atoms with Gasteiger partial charge in [-0.05, 0) is 17.9 Å². The van der Waals surface area contributed by atoms with Gasteiger partial charge in [0.25, 0.3) is 0 Å². The minimum atomic E-state index is -0.309. The number of nitrogens with zero attached hydrogens (tertiary/aromatic N) is 2. The van der Waals surface area contributed by atoms with Gasteiger partial charge in [-0.1, -0.05) is 41.6 Å². The van der Waals surface area contributed by atoms with Crippen LogP contribution in [0.1, 0.15) is 17.9 Å². The van der Waals surface area contributed by atoms with Crippen LogP contribution in [0.15, 0.2) is 59.8 Å². The second-order valence-electron chi connectivity index (χ2n) is 5.80. The third kappa shape index (κ3) is 3.71. The van der Waals surface area contributed by atoms with Crippen molar-refractivity contribution in [3.8, 4) is 0 Å². The molecular weight excluding hydrogens is 306 g/mol. The van der Waals surface area contributed by atoms with Crippen molar-refractivity contribution in [1.82, 2.24) is 10.1 Å². The van der Waals surface area contributed by atoms with Crippen molar-refractivity contribution < 1.29 is 14.1 Å². The average Bonchev–Trinajstić information content (AvgIpc) is 3.24. The Labute approximate surface area is 140 Å². The summed E-state index contributed by atoms with van der Waals surface area (Å²) in [4.78, 5) is 26.3. The van der Waals surface area contributed by atoms with Crippen LogP contribution in [0.3, 0.4) is 0 Å². The number of hydrogen-bond acceptors (Lipinski definition) is 4. The first-order valence-corrected chi connectivity index (χ1v) is 7.84. The molecule has 124 valence electrons. The summed E-state index contributed by atoms with van der Waals surface area (Å²) in [5.74, 6) is 0.187. The molecule has 2 atom stereocenters. The Kier molecular flexibility index (Phi) is 4.74. The molecule has 6 heteroatoms. The summed E-state index contributed by atoms with van der Waals surface area (Å²) in [6.45, 7) is 3.97. The zero-order valence-electron chi connectivity index (χ0n) is 13.2. The number of carbonyl (C=O) groups excluding carboxylic acids is 2. The van der Waals surface area contributed by atoms with Gasteiger partial charge in [-0.25, -0.2) is 0 Å². The standard InChI is InChI=1S/C18H19N3O3/c1-2-9-21(12-17(22)19-16-8-10-24-20-16)18(23)15-11-14(15)13-6-4-3-5-7-13/h2-8,10,14-15H,1,9,11-12H2,(H,19,20,22). The molecule has 1 aromatic heterocycles. The Bertz CT molecular complexity index is 712. The SMILES string of the molecule is C=CCN(CC(=O)Nc1ccon1)C(=O)C1CC1c1ccccc1. The molecule has 0 aliphatic heterocycles. The minimum Gasteiger partial charge on any atom is -0.363 e. The van der Waals surface area contributed by atoms with Gasteiger partial charge in [-0.3, -0.25) is 9.59 Å². The lowest BCUT2D eigenvalue weighted by Gasteiger charge is -2.20. The number of rotatable bonds is 7. The van der Waals surface area contributed by atoms with E-state index in [1.807, 2.05) is 30.3 Å². The van der Waals surface area contributed by atoms with Gasteiger partial charge < -0.3 is 14.7 Å². The molecule has 1 saturated carbocycles. The van der Waals surface area contributed by atoms with E-state index >= 15 is 0 Å². The summed E-state index contributed by atoms with van der Waals surface area (Å²) in [7, 11) is 0. The Morgan fingerprint density at radius 3 is 2.79 bits per heavy atom. The van der Waals surface area contributed by atoms with Crippen molar-refractivity contribution in [2.75, 3.05) is 18.4 Å². The highest BCUT2D eigenvalue weighted by Crippen LogP contribution is 2.48. The van der Waals surface area contributed by atoms with Crippen molar-refractivity contribution in [2.45, 2.75) is 12.3 Å². The highest BCUT2D eigenvalue weighted by molar-refractivity contribution is 5.94. The van der Waals surface area contributed by atoms with Gasteiger partial charge in [-0.2, -0.15) is 0 Å². The first-order valence-electron chi connectivity index (χ1n) is 7.84. The lowest BCUT2D eigenvalue weighted by Crippen LogP contribution is -2.39. The average molecular weight is 325 g/mol. The molecule has 0 spiro atoms. The van der Waals surface area contributed by atoms with Crippen LogP contribution in [0.2, 0.25) is 0 Å². The predicted octanol–water partition coefficient (Wildman–Crippen LogP) is 2.43. The van der Waals surface area contributed by atoms with E-state index < -0.39 is 0 Å². The number of benzene rings is 1. The number of carbonyl (C=O) groups is 2. The van der Waals surface area contributed by atoms with Gasteiger partial charge >= 0.3 is 0 Å². The quantitative estimate of drug-likeness (QED) is 0.793. The Hall–Kier alpha value is -2.89. The molecular formula is C18H19N3O3. The number of hydrogen-bond donors (Lipinski definition) is 1. The molecule has 0 saturated heterocycles. The van der Waals surface area contributed by atoms with E-state index in [-0.39, 0.29) is 30.2 Å². The monoisotopic (exact) mass is 325 g/mol. The van der Waals surface area contributed by atoms with Crippen LogP contribution in [0.5, 0.6) is 0 Å². The first kappa shape index (κ1) is 16.0. The van der Waals surface area contributed by atoms with Gasteiger partial charge in [0.2, 0.25) is 11.8 Å². The van der Waals surface area contributed by atoms with Crippen LogP contribution in [-0.4, -0.2) is 35.0 Å². The van der Waals surface area contributed by atoms with Crippen molar-refractivity contribution >= 4 is 17.6 Å². The topological polar surface area (TPSA) is 75.4 Å². The molecule has 6 nitrogen and oxygen atoms in total. The summed E-state index contributed by atoms with van der Waals surface area (Å²) < 4.78 is 4.67. The molecule has 1 aliphatic rings. The second kappa shape index (κ2) is 7.12. The maximum absolute atomic E-state index is 12.7. The van der Waals surface area contributed by atoms with E-state index in [1.54, 1.807) is 12.1 Å². The number of anilines is 1. The van der Waals surface area contributed by atoms with Crippen molar-refractivity contribution in [1.29, 1.82) is 0 Å². The molecule has 2 aromatic rings. The van der Waals surface area contributed by atoms with Crippen LogP contribution >= 0.6 is 0 Å². The van der Waals surface area contributed by atoms with Crippen LogP contribution in [0.25, 0.3) is 0 Å². The van der Waals surface area contributed by atoms with E-state index in [0.717, 1.165) is 6.42 Å². The maximum atomic E-state index is 12.7. The molecule has 1 aliphatic carbocycles. The van der Waals surface area contributed by atoms with E-state index in [9.17, 15) is 9.59 Å². The summed E-state index contributed by atoms with van der Waals surface area (Å²) in [5.41, 5.74) is 1.17. The van der Waals surface area contributed by atoms with Crippen LogP contribution in [-0.2, 0) is 9.59 Å². The van der Waals surface area contributed by atoms with Gasteiger partial charge in [0.15, 0.2) is 5.82 Å². The van der Waals surface area contributed by atoms with Gasteiger partial charge in [0.1, 0.15) is 12.8 Å². The zero-order valence-corrected chi connectivity index (χ0v) is 13.2. The highest BCUT2D eigenvalue weighted by atomic mass is 16.5. The normalized spacial score (nSPS) is 18.7.